The molecule has 0 radical (unpaired) electrons. The lowest BCUT2D eigenvalue weighted by Gasteiger charge is -2.26. The molecule has 1 heterocycles. The molecule has 1 amide bonds. The van der Waals surface area contributed by atoms with E-state index in [9.17, 15) is 18.0 Å². The third kappa shape index (κ3) is 5.95. The summed E-state index contributed by atoms with van der Waals surface area (Å²) in [4.78, 5) is 24.8. The van der Waals surface area contributed by atoms with E-state index in [4.69, 9.17) is 25.8 Å². The number of sulfonamides is 1. The van der Waals surface area contributed by atoms with E-state index in [1.165, 1.54) is 48.9 Å². The molecule has 0 atom stereocenters. The van der Waals surface area contributed by atoms with Crippen molar-refractivity contribution in [2.45, 2.75) is 24.2 Å². The lowest BCUT2D eigenvalue weighted by atomic mass is 10.2. The van der Waals surface area contributed by atoms with Crippen molar-refractivity contribution >= 4 is 39.2 Å². The second-order valence-electron chi connectivity index (χ2n) is 7.30. The van der Waals surface area contributed by atoms with Gasteiger partial charge in [0.05, 0.1) is 24.8 Å². The van der Waals surface area contributed by atoms with E-state index in [1.807, 2.05) is 0 Å². The van der Waals surface area contributed by atoms with Crippen LogP contribution in [-0.4, -0.2) is 58.5 Å². The van der Waals surface area contributed by atoms with Crippen molar-refractivity contribution in [1.82, 2.24) is 4.31 Å². The maximum atomic E-state index is 13.0. The predicted molar refractivity (Wildman–Crippen MR) is 123 cm³/mol. The van der Waals surface area contributed by atoms with Crippen molar-refractivity contribution < 1.29 is 32.2 Å². The Kier molecular flexibility index (Phi) is 8.17. The highest BCUT2D eigenvalue weighted by atomic mass is 35.5. The fraction of sp³-hybridized carbons (Fsp3) is 0.364. The quantitative estimate of drug-likeness (QED) is 0.558. The van der Waals surface area contributed by atoms with Crippen LogP contribution in [0.15, 0.2) is 41.3 Å². The summed E-state index contributed by atoms with van der Waals surface area (Å²) in [5.74, 6) is -0.945. The first-order valence-electron chi connectivity index (χ1n) is 10.2. The topological polar surface area (TPSA) is 111 Å². The van der Waals surface area contributed by atoms with Gasteiger partial charge in [-0.05, 0) is 49.2 Å². The molecule has 2 aromatic rings. The first-order chi connectivity index (χ1) is 15.8. The minimum Gasteiger partial charge on any atom is -0.496 e. The van der Waals surface area contributed by atoms with Crippen molar-refractivity contribution in [3.63, 3.8) is 0 Å². The molecule has 1 aliphatic rings. The zero-order chi connectivity index (χ0) is 24.0. The highest BCUT2D eigenvalue weighted by Crippen LogP contribution is 2.30. The van der Waals surface area contributed by atoms with E-state index < -0.39 is 28.5 Å². The third-order valence-electron chi connectivity index (χ3n) is 5.11. The number of esters is 1. The van der Waals surface area contributed by atoms with Gasteiger partial charge >= 0.3 is 5.97 Å². The van der Waals surface area contributed by atoms with Crippen molar-refractivity contribution in [2.24, 2.45) is 0 Å². The molecule has 0 aromatic heterocycles. The zero-order valence-electron chi connectivity index (χ0n) is 18.3. The van der Waals surface area contributed by atoms with Crippen LogP contribution in [0, 0.1) is 0 Å². The van der Waals surface area contributed by atoms with E-state index in [0.717, 1.165) is 19.3 Å². The molecular formula is C22H25ClN2O7S. The minimum absolute atomic E-state index is 0.0427. The number of anilines is 1. The number of amides is 1. The highest BCUT2D eigenvalue weighted by molar-refractivity contribution is 7.89. The molecule has 0 aliphatic carbocycles. The number of halogens is 1. The van der Waals surface area contributed by atoms with E-state index in [1.54, 1.807) is 6.07 Å². The van der Waals surface area contributed by atoms with Gasteiger partial charge in [-0.15, -0.1) is 0 Å². The maximum absolute atomic E-state index is 13.0. The highest BCUT2D eigenvalue weighted by Gasteiger charge is 2.27. The summed E-state index contributed by atoms with van der Waals surface area (Å²) >= 11 is 5.92. The normalized spacial score (nSPS) is 14.4. The number of carbonyl (C=O) groups is 2. The second-order valence-corrected chi connectivity index (χ2v) is 9.67. The number of methoxy groups -OCH3 is 2. The standard InChI is InChI=1S/C22H25ClN2O7S/c1-30-19-8-6-15(23)12-17(19)22(27)32-14-21(26)24-18-13-16(7-9-20(18)31-2)33(28,29)25-10-4-3-5-11-25/h6-9,12-13H,3-5,10-11,14H2,1-2H3,(H,24,26). The molecule has 0 saturated carbocycles. The molecule has 11 heteroatoms. The number of nitrogens with zero attached hydrogens (tertiary/aromatic N) is 1. The molecule has 9 nitrogen and oxygen atoms in total. The van der Waals surface area contributed by atoms with Crippen LogP contribution in [0.2, 0.25) is 5.02 Å². The summed E-state index contributed by atoms with van der Waals surface area (Å²) in [5.41, 5.74) is 0.224. The van der Waals surface area contributed by atoms with E-state index >= 15 is 0 Å². The Morgan fingerprint density at radius 1 is 1.00 bits per heavy atom. The van der Waals surface area contributed by atoms with Crippen LogP contribution in [0.1, 0.15) is 29.6 Å². The van der Waals surface area contributed by atoms with Crippen LogP contribution in [0.3, 0.4) is 0 Å². The summed E-state index contributed by atoms with van der Waals surface area (Å²) in [5, 5.41) is 2.85. The van der Waals surface area contributed by atoms with Crippen LogP contribution in [0.25, 0.3) is 0 Å². The molecule has 178 valence electrons. The Morgan fingerprint density at radius 2 is 1.67 bits per heavy atom. The van der Waals surface area contributed by atoms with Crippen LogP contribution in [0.4, 0.5) is 5.69 Å². The van der Waals surface area contributed by atoms with Crippen LogP contribution < -0.4 is 14.8 Å². The molecule has 33 heavy (non-hydrogen) atoms. The van der Waals surface area contributed by atoms with Gasteiger partial charge in [-0.25, -0.2) is 13.2 Å². The summed E-state index contributed by atoms with van der Waals surface area (Å²) in [6.07, 6.45) is 2.61. The van der Waals surface area contributed by atoms with Crippen molar-refractivity contribution in [3.05, 3.63) is 47.0 Å². The number of hydrogen-bond donors (Lipinski definition) is 1. The molecule has 0 unspecified atom stereocenters. The van der Waals surface area contributed by atoms with Gasteiger partial charge < -0.3 is 19.5 Å². The number of rotatable bonds is 8. The second kappa shape index (κ2) is 10.9. The zero-order valence-corrected chi connectivity index (χ0v) is 19.9. The van der Waals surface area contributed by atoms with Crippen LogP contribution in [0.5, 0.6) is 11.5 Å². The minimum atomic E-state index is -3.70. The van der Waals surface area contributed by atoms with Crippen molar-refractivity contribution in [3.8, 4) is 11.5 Å². The van der Waals surface area contributed by atoms with Gasteiger partial charge in [0.1, 0.15) is 17.1 Å². The van der Waals surface area contributed by atoms with E-state index in [0.29, 0.717) is 18.1 Å². The molecule has 0 spiro atoms. The average Bonchev–Trinajstić information content (AvgIpc) is 2.83. The smallest absolute Gasteiger partial charge is 0.342 e. The van der Waals surface area contributed by atoms with Crippen molar-refractivity contribution in [2.75, 3.05) is 39.2 Å². The monoisotopic (exact) mass is 496 g/mol. The number of nitrogens with one attached hydrogen (secondary N) is 1. The Labute approximate surface area is 197 Å². The predicted octanol–water partition coefficient (Wildman–Crippen LogP) is 3.33. The average molecular weight is 497 g/mol. The van der Waals surface area contributed by atoms with Gasteiger partial charge in [0, 0.05) is 18.1 Å². The van der Waals surface area contributed by atoms with Crippen LogP contribution in [-0.2, 0) is 19.6 Å². The van der Waals surface area contributed by atoms with Gasteiger partial charge in [0.15, 0.2) is 6.61 Å². The van der Waals surface area contributed by atoms with Crippen molar-refractivity contribution in [1.29, 1.82) is 0 Å². The van der Waals surface area contributed by atoms with Gasteiger partial charge in [0.25, 0.3) is 5.91 Å². The number of benzene rings is 2. The Balaban J connectivity index is 1.72. The summed E-state index contributed by atoms with van der Waals surface area (Å²) < 4.78 is 42.8. The lowest BCUT2D eigenvalue weighted by molar-refractivity contribution is -0.119. The molecule has 1 aliphatic heterocycles. The largest absolute Gasteiger partial charge is 0.496 e. The maximum Gasteiger partial charge on any atom is 0.342 e. The van der Waals surface area contributed by atoms with Gasteiger partial charge in [-0.2, -0.15) is 4.31 Å². The van der Waals surface area contributed by atoms with Crippen LogP contribution >= 0.6 is 11.6 Å². The number of carbonyl (C=O) groups excluding carboxylic acids is 2. The van der Waals surface area contributed by atoms with E-state index in [-0.39, 0.29) is 27.6 Å². The molecule has 0 bridgehead atoms. The summed E-state index contributed by atoms with van der Waals surface area (Å²) in [7, 11) is -0.913. The SMILES string of the molecule is COc1ccc(S(=O)(=O)N2CCCCC2)cc1NC(=O)COC(=O)c1cc(Cl)ccc1OC. The Morgan fingerprint density at radius 3 is 2.33 bits per heavy atom. The van der Waals surface area contributed by atoms with Gasteiger partial charge in [-0.3, -0.25) is 4.79 Å². The van der Waals surface area contributed by atoms with E-state index in [2.05, 4.69) is 5.32 Å². The summed E-state index contributed by atoms with van der Waals surface area (Å²) in [6.45, 7) is 0.304. The van der Waals surface area contributed by atoms with Gasteiger partial charge in [0.2, 0.25) is 10.0 Å². The number of ether oxygens (including phenoxy) is 3. The molecular weight excluding hydrogens is 472 g/mol. The molecule has 1 N–H and O–H groups in total. The molecule has 3 rings (SSSR count). The first kappa shape index (κ1) is 24.8. The molecule has 1 saturated heterocycles. The third-order valence-corrected chi connectivity index (χ3v) is 7.24. The number of piperidine rings is 1. The van der Waals surface area contributed by atoms with Gasteiger partial charge in [-0.1, -0.05) is 18.0 Å². The molecule has 1 fully saturated rings. The number of hydrogen-bond acceptors (Lipinski definition) is 7. The first-order valence-corrected chi connectivity index (χ1v) is 12.1. The summed E-state index contributed by atoms with van der Waals surface area (Å²) in [6, 6.07) is 8.68. The Bertz CT molecular complexity index is 1130. The molecule has 2 aromatic carbocycles. The fourth-order valence-electron chi connectivity index (χ4n) is 3.43. The lowest BCUT2D eigenvalue weighted by Crippen LogP contribution is -2.35. The fourth-order valence-corrected chi connectivity index (χ4v) is 5.15. The Hall–Kier alpha value is -2.82.